The van der Waals surface area contributed by atoms with E-state index in [1.807, 2.05) is 13.0 Å². The molecule has 1 aromatic rings. The van der Waals surface area contributed by atoms with E-state index in [0.29, 0.717) is 25.4 Å². The predicted molar refractivity (Wildman–Crippen MR) is 77.5 cm³/mol. The molecule has 0 saturated heterocycles. The summed E-state index contributed by atoms with van der Waals surface area (Å²) in [6, 6.07) is 1.95. The number of nitrogens with zero attached hydrogens (tertiary/aromatic N) is 1. The first-order chi connectivity index (χ1) is 9.17. The summed E-state index contributed by atoms with van der Waals surface area (Å²) in [5, 5.41) is 2.95. The number of nitrogens with two attached hydrogens (primary N) is 1. The Morgan fingerprint density at radius 2 is 2.26 bits per heavy atom. The number of hydrogen-bond donors (Lipinski definition) is 2. The van der Waals surface area contributed by atoms with Crippen molar-refractivity contribution in [3.05, 3.63) is 29.6 Å². The molecule has 1 atom stereocenters. The molecule has 0 spiro atoms. The molecule has 1 aromatic heterocycles. The van der Waals surface area contributed by atoms with E-state index >= 15 is 0 Å². The third-order valence-electron chi connectivity index (χ3n) is 3.56. The Morgan fingerprint density at radius 3 is 2.89 bits per heavy atom. The Balaban J connectivity index is 2.30. The van der Waals surface area contributed by atoms with Gasteiger partial charge in [-0.2, -0.15) is 0 Å². The number of aryl methyl sites for hydroxylation is 1. The standard InChI is InChI=1S/C15H25N3O/c1-3-13(6-8-16)4-5-15(19)18-11-14-10-17-9-7-12(14)2/h7,9-10,13H,3-6,8,11,16H2,1-2H3,(H,18,19). The fourth-order valence-electron chi connectivity index (χ4n) is 2.09. The van der Waals surface area contributed by atoms with Crippen LogP contribution < -0.4 is 11.1 Å². The van der Waals surface area contributed by atoms with Crippen LogP contribution in [0.1, 0.15) is 43.7 Å². The van der Waals surface area contributed by atoms with Crippen LogP contribution in [-0.4, -0.2) is 17.4 Å². The third-order valence-corrected chi connectivity index (χ3v) is 3.56. The summed E-state index contributed by atoms with van der Waals surface area (Å²) in [6.07, 6.45) is 7.17. The number of carbonyl (C=O) groups excluding carboxylic acids is 1. The Morgan fingerprint density at radius 1 is 1.47 bits per heavy atom. The van der Waals surface area contributed by atoms with E-state index in [1.165, 1.54) is 0 Å². The highest BCUT2D eigenvalue weighted by molar-refractivity contribution is 5.75. The van der Waals surface area contributed by atoms with Crippen LogP contribution in [0.4, 0.5) is 0 Å². The fourth-order valence-corrected chi connectivity index (χ4v) is 2.09. The van der Waals surface area contributed by atoms with Crippen molar-refractivity contribution in [2.24, 2.45) is 11.7 Å². The van der Waals surface area contributed by atoms with E-state index in [4.69, 9.17) is 5.73 Å². The van der Waals surface area contributed by atoms with Gasteiger partial charge in [-0.25, -0.2) is 0 Å². The minimum Gasteiger partial charge on any atom is -0.352 e. The fraction of sp³-hybridized carbons (Fsp3) is 0.600. The number of hydrogen-bond acceptors (Lipinski definition) is 3. The third kappa shape index (κ3) is 5.83. The van der Waals surface area contributed by atoms with Crippen molar-refractivity contribution in [1.29, 1.82) is 0 Å². The van der Waals surface area contributed by atoms with E-state index in [0.717, 1.165) is 30.4 Å². The quantitative estimate of drug-likeness (QED) is 0.755. The zero-order chi connectivity index (χ0) is 14.1. The zero-order valence-corrected chi connectivity index (χ0v) is 12.0. The van der Waals surface area contributed by atoms with E-state index in [-0.39, 0.29) is 5.91 Å². The van der Waals surface area contributed by atoms with Gasteiger partial charge in [0.25, 0.3) is 0 Å². The molecule has 1 amide bonds. The molecule has 0 radical (unpaired) electrons. The minimum atomic E-state index is 0.110. The highest BCUT2D eigenvalue weighted by Crippen LogP contribution is 2.14. The minimum absolute atomic E-state index is 0.110. The maximum Gasteiger partial charge on any atom is 0.220 e. The van der Waals surface area contributed by atoms with Gasteiger partial charge in [0, 0.05) is 25.4 Å². The van der Waals surface area contributed by atoms with Crippen molar-refractivity contribution in [3.8, 4) is 0 Å². The maximum absolute atomic E-state index is 11.8. The number of rotatable bonds is 8. The summed E-state index contributed by atoms with van der Waals surface area (Å²) >= 11 is 0. The van der Waals surface area contributed by atoms with Gasteiger partial charge in [0.1, 0.15) is 0 Å². The van der Waals surface area contributed by atoms with Crippen molar-refractivity contribution < 1.29 is 4.79 Å². The van der Waals surface area contributed by atoms with Gasteiger partial charge in [0.15, 0.2) is 0 Å². The predicted octanol–water partition coefficient (Wildman–Crippen LogP) is 2.16. The lowest BCUT2D eigenvalue weighted by Crippen LogP contribution is -2.24. The lowest BCUT2D eigenvalue weighted by molar-refractivity contribution is -0.121. The van der Waals surface area contributed by atoms with Gasteiger partial charge in [0.2, 0.25) is 5.91 Å². The van der Waals surface area contributed by atoms with Gasteiger partial charge >= 0.3 is 0 Å². The number of amides is 1. The molecule has 1 unspecified atom stereocenters. The first-order valence-electron chi connectivity index (χ1n) is 7.03. The van der Waals surface area contributed by atoms with E-state index in [1.54, 1.807) is 12.4 Å². The summed E-state index contributed by atoms with van der Waals surface area (Å²) in [7, 11) is 0. The molecule has 0 aliphatic rings. The van der Waals surface area contributed by atoms with Crippen LogP contribution in [-0.2, 0) is 11.3 Å². The van der Waals surface area contributed by atoms with Crippen LogP contribution in [0.5, 0.6) is 0 Å². The molecule has 0 fully saturated rings. The second-order valence-electron chi connectivity index (χ2n) is 4.97. The topological polar surface area (TPSA) is 68.0 Å². The Labute approximate surface area is 115 Å². The molecule has 0 aliphatic heterocycles. The van der Waals surface area contributed by atoms with E-state index < -0.39 is 0 Å². The maximum atomic E-state index is 11.8. The molecule has 0 bridgehead atoms. The average molecular weight is 263 g/mol. The van der Waals surface area contributed by atoms with Crippen molar-refractivity contribution in [2.75, 3.05) is 6.54 Å². The highest BCUT2D eigenvalue weighted by atomic mass is 16.1. The number of nitrogens with one attached hydrogen (secondary N) is 1. The first kappa shape index (κ1) is 15.6. The summed E-state index contributed by atoms with van der Waals surface area (Å²) < 4.78 is 0. The number of aromatic nitrogens is 1. The zero-order valence-electron chi connectivity index (χ0n) is 12.0. The monoisotopic (exact) mass is 263 g/mol. The van der Waals surface area contributed by atoms with Gasteiger partial charge in [0.05, 0.1) is 0 Å². The summed E-state index contributed by atoms with van der Waals surface area (Å²) in [5.41, 5.74) is 7.79. The van der Waals surface area contributed by atoms with Gasteiger partial charge in [-0.15, -0.1) is 0 Å². The Bertz CT molecular complexity index is 393. The Kier molecular flexibility index (Phi) is 7.11. The summed E-state index contributed by atoms with van der Waals surface area (Å²) in [5.74, 6) is 0.676. The van der Waals surface area contributed by atoms with Gasteiger partial charge in [-0.1, -0.05) is 13.3 Å². The van der Waals surface area contributed by atoms with Crippen molar-refractivity contribution >= 4 is 5.91 Å². The SMILES string of the molecule is CCC(CCN)CCC(=O)NCc1cnccc1C. The second-order valence-corrected chi connectivity index (χ2v) is 4.97. The second kappa shape index (κ2) is 8.64. The van der Waals surface area contributed by atoms with Gasteiger partial charge in [-0.3, -0.25) is 9.78 Å². The largest absolute Gasteiger partial charge is 0.352 e. The normalized spacial score (nSPS) is 12.2. The average Bonchev–Trinajstić information content (AvgIpc) is 2.42. The molecule has 106 valence electrons. The molecular formula is C15H25N3O. The molecule has 1 heterocycles. The lowest BCUT2D eigenvalue weighted by atomic mass is 9.96. The molecule has 3 N–H and O–H groups in total. The number of pyridine rings is 1. The summed E-state index contributed by atoms with van der Waals surface area (Å²) in [4.78, 5) is 15.9. The lowest BCUT2D eigenvalue weighted by Gasteiger charge is -2.13. The Hall–Kier alpha value is -1.42. The van der Waals surface area contributed by atoms with E-state index in [2.05, 4.69) is 17.2 Å². The molecule has 0 aliphatic carbocycles. The van der Waals surface area contributed by atoms with Crippen LogP contribution >= 0.6 is 0 Å². The number of carbonyl (C=O) groups is 1. The molecule has 4 heteroatoms. The molecule has 4 nitrogen and oxygen atoms in total. The molecular weight excluding hydrogens is 238 g/mol. The molecule has 0 aromatic carbocycles. The molecule has 0 saturated carbocycles. The highest BCUT2D eigenvalue weighted by Gasteiger charge is 2.09. The van der Waals surface area contributed by atoms with Crippen LogP contribution in [0.3, 0.4) is 0 Å². The van der Waals surface area contributed by atoms with Gasteiger partial charge in [-0.05, 0) is 49.4 Å². The molecule has 1 rings (SSSR count). The van der Waals surface area contributed by atoms with Gasteiger partial charge < -0.3 is 11.1 Å². The van der Waals surface area contributed by atoms with Crippen LogP contribution in [0.2, 0.25) is 0 Å². The van der Waals surface area contributed by atoms with Crippen molar-refractivity contribution in [2.45, 2.75) is 46.1 Å². The summed E-state index contributed by atoms with van der Waals surface area (Å²) in [6.45, 7) is 5.44. The first-order valence-corrected chi connectivity index (χ1v) is 7.03. The molecule has 19 heavy (non-hydrogen) atoms. The van der Waals surface area contributed by atoms with Crippen molar-refractivity contribution in [3.63, 3.8) is 0 Å². The van der Waals surface area contributed by atoms with Crippen molar-refractivity contribution in [1.82, 2.24) is 10.3 Å². The van der Waals surface area contributed by atoms with Crippen LogP contribution in [0.15, 0.2) is 18.5 Å². The van der Waals surface area contributed by atoms with Crippen LogP contribution in [0.25, 0.3) is 0 Å². The van der Waals surface area contributed by atoms with E-state index in [9.17, 15) is 4.79 Å². The smallest absolute Gasteiger partial charge is 0.220 e. The van der Waals surface area contributed by atoms with Crippen LogP contribution in [0, 0.1) is 12.8 Å².